The minimum atomic E-state index is -0.165. The predicted molar refractivity (Wildman–Crippen MR) is 83.5 cm³/mol. The van der Waals surface area contributed by atoms with E-state index < -0.39 is 0 Å². The Balaban J connectivity index is 2.07. The lowest BCUT2D eigenvalue weighted by atomic mass is 10.2. The number of nitrogens with zero attached hydrogens (tertiary/aromatic N) is 3. The van der Waals surface area contributed by atoms with Gasteiger partial charge in [-0.05, 0) is 23.8 Å². The van der Waals surface area contributed by atoms with Crippen molar-refractivity contribution in [3.05, 3.63) is 52.0 Å². The van der Waals surface area contributed by atoms with E-state index in [4.69, 9.17) is 28.9 Å². The van der Waals surface area contributed by atoms with Gasteiger partial charge in [0.2, 0.25) is 0 Å². The molecule has 1 amide bonds. The molecule has 7 heteroatoms. The maximum Gasteiger partial charge on any atom is 0.274 e. The molecule has 21 heavy (non-hydrogen) atoms. The molecule has 0 aliphatic rings. The topological polar surface area (TPSA) is 64.2 Å². The quantitative estimate of drug-likeness (QED) is 0.917. The summed E-state index contributed by atoms with van der Waals surface area (Å²) in [5.41, 5.74) is 6.72. The lowest BCUT2D eigenvalue weighted by Crippen LogP contribution is -2.26. The second-order valence-corrected chi connectivity index (χ2v) is 5.60. The van der Waals surface area contributed by atoms with Gasteiger partial charge in [-0.3, -0.25) is 4.79 Å². The second kappa shape index (κ2) is 6.93. The summed E-state index contributed by atoms with van der Waals surface area (Å²) < 4.78 is 1.79. The molecule has 2 aromatic rings. The molecule has 1 heterocycles. The van der Waals surface area contributed by atoms with Gasteiger partial charge in [0.15, 0.2) is 0 Å². The van der Waals surface area contributed by atoms with Crippen LogP contribution >= 0.6 is 23.2 Å². The third kappa shape index (κ3) is 4.20. The third-order valence-electron chi connectivity index (χ3n) is 2.93. The molecule has 2 rings (SSSR count). The molecule has 0 saturated carbocycles. The molecule has 0 aliphatic carbocycles. The summed E-state index contributed by atoms with van der Waals surface area (Å²) in [6.07, 6.45) is 3.29. The number of benzene rings is 1. The van der Waals surface area contributed by atoms with Crippen LogP contribution in [0.2, 0.25) is 10.0 Å². The summed E-state index contributed by atoms with van der Waals surface area (Å²) in [5.74, 6) is -0.165. The zero-order valence-electron chi connectivity index (χ0n) is 11.6. The van der Waals surface area contributed by atoms with Crippen molar-refractivity contribution in [2.24, 2.45) is 5.73 Å². The molecule has 112 valence electrons. The SMILES string of the molecule is CN(Cc1cc(Cl)cc(Cl)c1)C(=O)c1cn(CCN)cn1. The predicted octanol–water partition coefficient (Wildman–Crippen LogP) is 2.42. The van der Waals surface area contributed by atoms with Gasteiger partial charge in [0.05, 0.1) is 6.33 Å². The molecule has 0 fully saturated rings. The Morgan fingerprint density at radius 3 is 2.62 bits per heavy atom. The van der Waals surface area contributed by atoms with Crippen LogP contribution in [0.1, 0.15) is 16.1 Å². The number of carbonyl (C=O) groups excluding carboxylic acids is 1. The van der Waals surface area contributed by atoms with Gasteiger partial charge in [0, 0.05) is 42.9 Å². The Hall–Kier alpha value is -1.56. The van der Waals surface area contributed by atoms with Crippen molar-refractivity contribution in [2.45, 2.75) is 13.1 Å². The highest BCUT2D eigenvalue weighted by molar-refractivity contribution is 6.34. The Labute approximate surface area is 133 Å². The van der Waals surface area contributed by atoms with Crippen molar-refractivity contribution in [3.8, 4) is 0 Å². The van der Waals surface area contributed by atoms with Gasteiger partial charge in [-0.2, -0.15) is 0 Å². The number of hydrogen-bond acceptors (Lipinski definition) is 3. The van der Waals surface area contributed by atoms with Gasteiger partial charge in [0.25, 0.3) is 5.91 Å². The Bertz CT molecular complexity index is 621. The zero-order valence-corrected chi connectivity index (χ0v) is 13.1. The number of hydrogen-bond donors (Lipinski definition) is 1. The lowest BCUT2D eigenvalue weighted by molar-refractivity contribution is 0.0779. The molecule has 0 saturated heterocycles. The molecule has 0 unspecified atom stereocenters. The fraction of sp³-hybridized carbons (Fsp3) is 0.286. The van der Waals surface area contributed by atoms with E-state index in [1.165, 1.54) is 0 Å². The van der Waals surface area contributed by atoms with E-state index in [9.17, 15) is 4.79 Å². The van der Waals surface area contributed by atoms with E-state index in [1.54, 1.807) is 47.2 Å². The van der Waals surface area contributed by atoms with Crippen LogP contribution in [-0.4, -0.2) is 34.0 Å². The van der Waals surface area contributed by atoms with Crippen molar-refractivity contribution in [1.82, 2.24) is 14.5 Å². The van der Waals surface area contributed by atoms with Gasteiger partial charge >= 0.3 is 0 Å². The fourth-order valence-corrected chi connectivity index (χ4v) is 2.56. The second-order valence-electron chi connectivity index (χ2n) is 4.72. The first-order valence-corrected chi connectivity index (χ1v) is 7.17. The number of rotatable bonds is 5. The van der Waals surface area contributed by atoms with Crippen molar-refractivity contribution in [1.29, 1.82) is 0 Å². The summed E-state index contributed by atoms with van der Waals surface area (Å²) in [4.78, 5) is 18.0. The average molecular weight is 327 g/mol. The van der Waals surface area contributed by atoms with E-state index in [1.807, 2.05) is 0 Å². The molecule has 0 atom stereocenters. The number of nitrogens with two attached hydrogens (primary N) is 1. The minimum Gasteiger partial charge on any atom is -0.336 e. The normalized spacial score (nSPS) is 10.7. The molecule has 1 aromatic carbocycles. The maximum absolute atomic E-state index is 12.3. The highest BCUT2D eigenvalue weighted by Gasteiger charge is 2.15. The van der Waals surface area contributed by atoms with E-state index in [0.717, 1.165) is 5.56 Å². The number of aromatic nitrogens is 2. The van der Waals surface area contributed by atoms with Crippen LogP contribution in [0.3, 0.4) is 0 Å². The molecule has 0 bridgehead atoms. The molecule has 5 nitrogen and oxygen atoms in total. The van der Waals surface area contributed by atoms with E-state index in [2.05, 4.69) is 4.98 Å². The van der Waals surface area contributed by atoms with Gasteiger partial charge in [-0.1, -0.05) is 23.2 Å². The summed E-state index contributed by atoms with van der Waals surface area (Å²) in [6, 6.07) is 5.22. The minimum absolute atomic E-state index is 0.165. The van der Waals surface area contributed by atoms with Gasteiger partial charge in [-0.25, -0.2) is 4.98 Å². The van der Waals surface area contributed by atoms with E-state index in [0.29, 0.717) is 35.4 Å². The smallest absolute Gasteiger partial charge is 0.274 e. The first-order chi connectivity index (χ1) is 9.99. The zero-order chi connectivity index (χ0) is 15.4. The van der Waals surface area contributed by atoms with Crippen LogP contribution in [0.15, 0.2) is 30.7 Å². The van der Waals surface area contributed by atoms with Crippen LogP contribution in [0, 0.1) is 0 Å². The number of amides is 1. The molecule has 1 aromatic heterocycles. The van der Waals surface area contributed by atoms with Crippen molar-refractivity contribution < 1.29 is 4.79 Å². The van der Waals surface area contributed by atoms with Crippen LogP contribution in [0.5, 0.6) is 0 Å². The van der Waals surface area contributed by atoms with E-state index >= 15 is 0 Å². The monoisotopic (exact) mass is 326 g/mol. The fourth-order valence-electron chi connectivity index (χ4n) is 1.99. The number of imidazole rings is 1. The van der Waals surface area contributed by atoms with Gasteiger partial charge in [0.1, 0.15) is 5.69 Å². The van der Waals surface area contributed by atoms with Crippen LogP contribution < -0.4 is 5.73 Å². The van der Waals surface area contributed by atoms with E-state index in [-0.39, 0.29) is 5.91 Å². The molecule has 0 radical (unpaired) electrons. The standard InChI is InChI=1S/C14H16Cl2N4O/c1-19(7-10-4-11(15)6-12(16)5-10)14(21)13-8-20(3-2-17)9-18-13/h4-6,8-9H,2-3,7,17H2,1H3. The Kier molecular flexibility index (Phi) is 5.22. The van der Waals surface area contributed by atoms with Crippen molar-refractivity contribution in [3.63, 3.8) is 0 Å². The highest BCUT2D eigenvalue weighted by Crippen LogP contribution is 2.20. The lowest BCUT2D eigenvalue weighted by Gasteiger charge is -2.16. The number of halogens is 2. The highest BCUT2D eigenvalue weighted by atomic mass is 35.5. The summed E-state index contributed by atoms with van der Waals surface area (Å²) in [6.45, 7) is 1.54. The molecular formula is C14H16Cl2N4O. The molecular weight excluding hydrogens is 311 g/mol. The first kappa shape index (κ1) is 15.8. The van der Waals surface area contributed by atoms with Crippen molar-refractivity contribution >= 4 is 29.1 Å². The molecule has 0 spiro atoms. The van der Waals surface area contributed by atoms with Crippen LogP contribution in [-0.2, 0) is 13.1 Å². The first-order valence-electron chi connectivity index (χ1n) is 6.42. The third-order valence-corrected chi connectivity index (χ3v) is 3.36. The van der Waals surface area contributed by atoms with Crippen molar-refractivity contribution in [2.75, 3.05) is 13.6 Å². The van der Waals surface area contributed by atoms with Crippen LogP contribution in [0.4, 0.5) is 0 Å². The van der Waals surface area contributed by atoms with Gasteiger partial charge < -0.3 is 15.2 Å². The molecule has 2 N–H and O–H groups in total. The average Bonchev–Trinajstić information content (AvgIpc) is 2.85. The summed E-state index contributed by atoms with van der Waals surface area (Å²) in [5, 5.41) is 1.09. The largest absolute Gasteiger partial charge is 0.336 e. The number of carbonyl (C=O) groups is 1. The Morgan fingerprint density at radius 1 is 1.33 bits per heavy atom. The molecule has 0 aliphatic heterocycles. The summed E-state index contributed by atoms with van der Waals surface area (Å²) >= 11 is 11.9. The summed E-state index contributed by atoms with van der Waals surface area (Å²) in [7, 11) is 1.71. The van der Waals surface area contributed by atoms with Crippen LogP contribution in [0.25, 0.3) is 0 Å². The Morgan fingerprint density at radius 2 is 2.00 bits per heavy atom. The maximum atomic E-state index is 12.3. The van der Waals surface area contributed by atoms with Gasteiger partial charge in [-0.15, -0.1) is 0 Å².